The van der Waals surface area contributed by atoms with E-state index in [-0.39, 0.29) is 34.3 Å². The van der Waals surface area contributed by atoms with Gasteiger partial charge in [0.15, 0.2) is 6.61 Å². The molecule has 1 heterocycles. The number of carbonyl (C=O) groups is 2. The summed E-state index contributed by atoms with van der Waals surface area (Å²) in [6, 6.07) is 10.2. The largest absolute Gasteiger partial charge is 0.482 e. The maximum atomic E-state index is 12.6. The van der Waals surface area contributed by atoms with Crippen LogP contribution in [-0.2, 0) is 19.6 Å². The fourth-order valence-corrected chi connectivity index (χ4v) is 3.40. The number of carbonyl (C=O) groups excluding carboxylic acids is 2. The van der Waals surface area contributed by atoms with Crippen LogP contribution in [0.2, 0.25) is 0 Å². The third-order valence-corrected chi connectivity index (χ3v) is 4.83. The number of hydrogen-bond donors (Lipinski definition) is 2. The number of nitrogens with one attached hydrogen (secondary N) is 2. The van der Waals surface area contributed by atoms with Crippen molar-refractivity contribution in [2.45, 2.75) is 4.90 Å². The first-order valence-corrected chi connectivity index (χ1v) is 8.66. The predicted molar refractivity (Wildman–Crippen MR) is 89.2 cm³/mol. The Labute approximate surface area is 143 Å². The highest BCUT2D eigenvalue weighted by Crippen LogP contribution is 2.31. The Kier molecular flexibility index (Phi) is 4.32. The van der Waals surface area contributed by atoms with Gasteiger partial charge in [-0.25, -0.2) is 13.2 Å². The Bertz CT molecular complexity index is 955. The second-order valence-electron chi connectivity index (χ2n) is 5.14. The number of methoxy groups -OCH3 is 1. The molecule has 1 aliphatic heterocycles. The van der Waals surface area contributed by atoms with Crippen molar-refractivity contribution in [1.29, 1.82) is 0 Å². The zero-order valence-corrected chi connectivity index (χ0v) is 13.9. The van der Waals surface area contributed by atoms with Crippen LogP contribution in [0, 0.1) is 0 Å². The minimum atomic E-state index is -3.99. The van der Waals surface area contributed by atoms with E-state index in [2.05, 4.69) is 14.8 Å². The van der Waals surface area contributed by atoms with Gasteiger partial charge in [0, 0.05) is 0 Å². The topological polar surface area (TPSA) is 111 Å². The fourth-order valence-electron chi connectivity index (χ4n) is 2.29. The van der Waals surface area contributed by atoms with E-state index in [4.69, 9.17) is 4.74 Å². The van der Waals surface area contributed by atoms with Crippen LogP contribution in [0.1, 0.15) is 10.4 Å². The highest BCUT2D eigenvalue weighted by molar-refractivity contribution is 7.92. The van der Waals surface area contributed by atoms with Gasteiger partial charge in [-0.05, 0) is 30.3 Å². The minimum Gasteiger partial charge on any atom is -0.482 e. The van der Waals surface area contributed by atoms with Crippen LogP contribution in [-0.4, -0.2) is 34.0 Å². The van der Waals surface area contributed by atoms with Gasteiger partial charge < -0.3 is 14.8 Å². The number of anilines is 2. The van der Waals surface area contributed by atoms with Crippen LogP contribution in [0.15, 0.2) is 47.4 Å². The summed E-state index contributed by atoms with van der Waals surface area (Å²) in [4.78, 5) is 23.1. The molecule has 0 aromatic heterocycles. The fraction of sp³-hybridized carbons (Fsp3) is 0.125. The third-order valence-electron chi connectivity index (χ3n) is 3.47. The molecule has 2 aromatic rings. The monoisotopic (exact) mass is 362 g/mol. The van der Waals surface area contributed by atoms with Crippen molar-refractivity contribution in [2.75, 3.05) is 23.8 Å². The number of ether oxygens (including phenoxy) is 2. The van der Waals surface area contributed by atoms with Gasteiger partial charge in [0.05, 0.1) is 28.9 Å². The van der Waals surface area contributed by atoms with Crippen LogP contribution in [0.4, 0.5) is 11.4 Å². The molecule has 0 radical (unpaired) electrons. The SMILES string of the molecule is COC(=O)c1ccccc1NS(=O)(=O)c1ccc2c(c1)NC(=O)CO2. The van der Waals surface area contributed by atoms with Gasteiger partial charge in [-0.2, -0.15) is 0 Å². The van der Waals surface area contributed by atoms with Crippen molar-refractivity contribution in [3.63, 3.8) is 0 Å². The van der Waals surface area contributed by atoms with Crippen LogP contribution < -0.4 is 14.8 Å². The molecular formula is C16H14N2O6S. The quantitative estimate of drug-likeness (QED) is 0.800. The van der Waals surface area contributed by atoms with Gasteiger partial charge in [0.1, 0.15) is 5.75 Å². The number of fused-ring (bicyclic) bond motifs is 1. The van der Waals surface area contributed by atoms with E-state index < -0.39 is 16.0 Å². The molecule has 0 saturated heterocycles. The number of benzene rings is 2. The number of esters is 1. The molecule has 8 nitrogen and oxygen atoms in total. The first-order chi connectivity index (χ1) is 11.9. The van der Waals surface area contributed by atoms with Crippen molar-refractivity contribution in [1.82, 2.24) is 0 Å². The number of amides is 1. The summed E-state index contributed by atoms with van der Waals surface area (Å²) in [5, 5.41) is 2.54. The highest BCUT2D eigenvalue weighted by atomic mass is 32.2. The summed E-state index contributed by atoms with van der Waals surface area (Å²) in [6.45, 7) is -0.121. The van der Waals surface area contributed by atoms with E-state index >= 15 is 0 Å². The second-order valence-corrected chi connectivity index (χ2v) is 6.82. The van der Waals surface area contributed by atoms with Gasteiger partial charge in [0.25, 0.3) is 15.9 Å². The lowest BCUT2D eigenvalue weighted by molar-refractivity contribution is -0.118. The molecular weight excluding hydrogens is 348 g/mol. The molecule has 0 atom stereocenters. The Morgan fingerprint density at radius 1 is 1.24 bits per heavy atom. The molecule has 25 heavy (non-hydrogen) atoms. The summed E-state index contributed by atoms with van der Waals surface area (Å²) >= 11 is 0. The molecule has 0 unspecified atom stereocenters. The van der Waals surface area contributed by atoms with E-state index in [0.29, 0.717) is 5.75 Å². The Balaban J connectivity index is 1.95. The summed E-state index contributed by atoms with van der Waals surface area (Å²) in [7, 11) is -2.79. The molecule has 2 N–H and O–H groups in total. The molecule has 130 valence electrons. The molecule has 0 spiro atoms. The highest BCUT2D eigenvalue weighted by Gasteiger charge is 2.22. The van der Waals surface area contributed by atoms with Crippen LogP contribution in [0.3, 0.4) is 0 Å². The van der Waals surface area contributed by atoms with Gasteiger partial charge in [0.2, 0.25) is 0 Å². The Hall–Kier alpha value is -3.07. The number of hydrogen-bond acceptors (Lipinski definition) is 6. The van der Waals surface area contributed by atoms with Gasteiger partial charge >= 0.3 is 5.97 Å². The number of para-hydroxylation sites is 1. The van der Waals surface area contributed by atoms with E-state index in [1.54, 1.807) is 12.1 Å². The molecule has 2 aromatic carbocycles. The molecule has 3 rings (SSSR count). The predicted octanol–water partition coefficient (Wildman–Crippen LogP) is 1.60. The maximum Gasteiger partial charge on any atom is 0.339 e. The van der Waals surface area contributed by atoms with E-state index in [9.17, 15) is 18.0 Å². The van der Waals surface area contributed by atoms with Gasteiger partial charge in [-0.1, -0.05) is 12.1 Å². The van der Waals surface area contributed by atoms with E-state index in [1.807, 2.05) is 0 Å². The average Bonchev–Trinajstić information content (AvgIpc) is 2.60. The zero-order valence-electron chi connectivity index (χ0n) is 13.1. The summed E-state index contributed by atoms with van der Waals surface area (Å²) in [5.41, 5.74) is 0.441. The third kappa shape index (κ3) is 3.41. The van der Waals surface area contributed by atoms with Gasteiger partial charge in [-0.3, -0.25) is 9.52 Å². The minimum absolute atomic E-state index is 0.0863. The summed E-state index contributed by atoms with van der Waals surface area (Å²) in [5.74, 6) is -0.649. The van der Waals surface area contributed by atoms with Crippen molar-refractivity contribution < 1.29 is 27.5 Å². The van der Waals surface area contributed by atoms with Crippen molar-refractivity contribution in [3.05, 3.63) is 48.0 Å². The first kappa shape index (κ1) is 16.8. The standard InChI is InChI=1S/C16H14N2O6S/c1-23-16(20)11-4-2-3-5-12(11)18-25(21,22)10-6-7-14-13(8-10)17-15(19)9-24-14/h2-8,18H,9H2,1H3,(H,17,19). The molecule has 0 fully saturated rings. The molecule has 1 amide bonds. The Morgan fingerprint density at radius 2 is 2.00 bits per heavy atom. The summed E-state index contributed by atoms with van der Waals surface area (Å²) < 4.78 is 37.4. The lowest BCUT2D eigenvalue weighted by Crippen LogP contribution is -2.25. The average molecular weight is 362 g/mol. The number of rotatable bonds is 4. The van der Waals surface area contributed by atoms with Crippen molar-refractivity contribution in [3.8, 4) is 5.75 Å². The second kappa shape index (κ2) is 6.44. The molecule has 1 aliphatic rings. The van der Waals surface area contributed by atoms with Crippen molar-refractivity contribution >= 4 is 33.3 Å². The molecule has 0 aliphatic carbocycles. The van der Waals surface area contributed by atoms with E-state index in [1.165, 1.54) is 37.4 Å². The van der Waals surface area contributed by atoms with Crippen LogP contribution >= 0.6 is 0 Å². The number of sulfonamides is 1. The molecule has 0 bridgehead atoms. The van der Waals surface area contributed by atoms with Gasteiger partial charge in [-0.15, -0.1) is 0 Å². The lowest BCUT2D eigenvalue weighted by atomic mass is 10.2. The zero-order chi connectivity index (χ0) is 18.0. The van der Waals surface area contributed by atoms with Crippen LogP contribution in [0.5, 0.6) is 5.75 Å². The Morgan fingerprint density at radius 3 is 2.76 bits per heavy atom. The molecule has 0 saturated carbocycles. The van der Waals surface area contributed by atoms with E-state index in [0.717, 1.165) is 0 Å². The summed E-state index contributed by atoms with van der Waals surface area (Å²) in [6.07, 6.45) is 0. The smallest absolute Gasteiger partial charge is 0.339 e. The first-order valence-electron chi connectivity index (χ1n) is 7.17. The lowest BCUT2D eigenvalue weighted by Gasteiger charge is -2.19. The molecule has 9 heteroatoms. The van der Waals surface area contributed by atoms with Crippen molar-refractivity contribution in [2.24, 2.45) is 0 Å². The van der Waals surface area contributed by atoms with Crippen LogP contribution in [0.25, 0.3) is 0 Å². The maximum absolute atomic E-state index is 12.6. The normalized spacial score (nSPS) is 13.2.